The van der Waals surface area contributed by atoms with Crippen LogP contribution < -0.4 is 15.4 Å². The Hall–Kier alpha value is -1.51. The number of nitrogens with zero attached hydrogens (tertiary/aromatic N) is 2. The summed E-state index contributed by atoms with van der Waals surface area (Å²) in [7, 11) is 3.67. The van der Waals surface area contributed by atoms with Crippen molar-refractivity contribution < 1.29 is 9.53 Å². The summed E-state index contributed by atoms with van der Waals surface area (Å²) in [6, 6.07) is 8.02. The summed E-state index contributed by atoms with van der Waals surface area (Å²) in [5.41, 5.74) is 1.19. The highest BCUT2D eigenvalue weighted by atomic mass is 127. The van der Waals surface area contributed by atoms with E-state index in [1.165, 1.54) is 5.56 Å². The highest BCUT2D eigenvalue weighted by Gasteiger charge is 2.28. The van der Waals surface area contributed by atoms with E-state index in [0.717, 1.165) is 37.6 Å². The molecule has 0 unspecified atom stereocenters. The minimum atomic E-state index is 0. The summed E-state index contributed by atoms with van der Waals surface area (Å²) < 4.78 is 5.18. The van der Waals surface area contributed by atoms with Crippen LogP contribution in [0.4, 0.5) is 0 Å². The maximum Gasteiger partial charge on any atom is 0.223 e. The molecular weight excluding hydrogens is 431 g/mol. The van der Waals surface area contributed by atoms with Crippen LogP contribution in [0, 0.1) is 5.92 Å². The predicted octanol–water partition coefficient (Wildman–Crippen LogP) is 2.24. The van der Waals surface area contributed by atoms with Gasteiger partial charge in [0.2, 0.25) is 5.91 Å². The highest BCUT2D eigenvalue weighted by Crippen LogP contribution is 2.28. The molecule has 1 aromatic rings. The van der Waals surface area contributed by atoms with Crippen molar-refractivity contribution in [2.24, 2.45) is 10.9 Å². The van der Waals surface area contributed by atoms with Gasteiger partial charge >= 0.3 is 0 Å². The molecule has 25 heavy (non-hydrogen) atoms. The molecule has 6 nitrogen and oxygen atoms in total. The third-order valence-corrected chi connectivity index (χ3v) is 3.90. The molecule has 1 aromatic carbocycles. The van der Waals surface area contributed by atoms with Gasteiger partial charge < -0.3 is 20.3 Å². The standard InChI is InChI=1S/C18H28N4O2.HI/c1-4-19-18(21-12-11-20-17(23)15-7-8-15)22(2)13-14-5-9-16(24-3)10-6-14;/h5-6,9-10,15H,4,7-8,11-13H2,1-3H3,(H,19,21)(H,20,23);1H. The second-order valence-corrected chi connectivity index (χ2v) is 6.01. The number of hydrogen-bond acceptors (Lipinski definition) is 3. The lowest BCUT2D eigenvalue weighted by Crippen LogP contribution is -2.39. The van der Waals surface area contributed by atoms with Crippen molar-refractivity contribution in [3.63, 3.8) is 0 Å². The first-order chi connectivity index (χ1) is 11.6. The van der Waals surface area contributed by atoms with Crippen LogP contribution in [0.25, 0.3) is 0 Å². The average Bonchev–Trinajstić information content (AvgIpc) is 3.43. The summed E-state index contributed by atoms with van der Waals surface area (Å²) >= 11 is 0. The van der Waals surface area contributed by atoms with Crippen LogP contribution in [0.3, 0.4) is 0 Å². The Morgan fingerprint density at radius 2 is 1.96 bits per heavy atom. The van der Waals surface area contributed by atoms with E-state index in [0.29, 0.717) is 13.1 Å². The molecule has 2 N–H and O–H groups in total. The van der Waals surface area contributed by atoms with Gasteiger partial charge in [-0.25, -0.2) is 0 Å². The second-order valence-electron chi connectivity index (χ2n) is 6.01. The lowest BCUT2D eigenvalue weighted by atomic mass is 10.2. The summed E-state index contributed by atoms with van der Waals surface area (Å²) in [5.74, 6) is 2.11. The zero-order chi connectivity index (χ0) is 17.4. The number of rotatable bonds is 8. The van der Waals surface area contributed by atoms with Crippen LogP contribution in [0.1, 0.15) is 25.3 Å². The fraction of sp³-hybridized carbons (Fsp3) is 0.556. The van der Waals surface area contributed by atoms with Crippen molar-refractivity contribution >= 4 is 35.8 Å². The van der Waals surface area contributed by atoms with Crippen molar-refractivity contribution in [2.45, 2.75) is 26.3 Å². The number of amides is 1. The van der Waals surface area contributed by atoms with Crippen LogP contribution in [-0.4, -0.2) is 50.6 Å². The van der Waals surface area contributed by atoms with Crippen molar-refractivity contribution in [1.82, 2.24) is 15.5 Å². The van der Waals surface area contributed by atoms with Gasteiger partial charge in [-0.1, -0.05) is 12.1 Å². The number of hydrogen-bond donors (Lipinski definition) is 2. The van der Waals surface area contributed by atoms with Gasteiger partial charge in [0.1, 0.15) is 5.75 Å². The minimum absolute atomic E-state index is 0. The van der Waals surface area contributed by atoms with E-state index < -0.39 is 0 Å². The Bertz CT molecular complexity index is 559. The van der Waals surface area contributed by atoms with Crippen molar-refractivity contribution in [3.05, 3.63) is 29.8 Å². The second kappa shape index (κ2) is 11.2. The first kappa shape index (κ1) is 21.5. The van der Waals surface area contributed by atoms with Crippen LogP contribution >= 0.6 is 24.0 Å². The quantitative estimate of drug-likeness (QED) is 0.270. The number of carbonyl (C=O) groups excluding carboxylic acids is 1. The molecule has 140 valence electrons. The monoisotopic (exact) mass is 460 g/mol. The molecular formula is C18H29IN4O2. The molecule has 7 heteroatoms. The number of methoxy groups -OCH3 is 1. The summed E-state index contributed by atoms with van der Waals surface area (Å²) in [6.45, 7) is 4.77. The summed E-state index contributed by atoms with van der Waals surface area (Å²) in [4.78, 5) is 18.3. The van der Waals surface area contributed by atoms with E-state index in [1.54, 1.807) is 7.11 Å². The third-order valence-electron chi connectivity index (χ3n) is 3.90. The van der Waals surface area contributed by atoms with Crippen LogP contribution in [0.15, 0.2) is 29.3 Å². The molecule has 1 aliphatic rings. The van der Waals surface area contributed by atoms with Crippen molar-refractivity contribution in [1.29, 1.82) is 0 Å². The number of guanidine groups is 1. The summed E-state index contributed by atoms with van der Waals surface area (Å²) in [5, 5.41) is 6.22. The SMILES string of the molecule is CCNC(=NCCNC(=O)C1CC1)N(C)Cc1ccc(OC)cc1.I. The lowest BCUT2D eigenvalue weighted by molar-refractivity contribution is -0.122. The number of nitrogens with one attached hydrogen (secondary N) is 2. The summed E-state index contributed by atoms with van der Waals surface area (Å²) in [6.07, 6.45) is 2.06. The highest BCUT2D eigenvalue weighted by molar-refractivity contribution is 14.0. The molecule has 1 amide bonds. The normalized spacial score (nSPS) is 13.6. The smallest absolute Gasteiger partial charge is 0.223 e. The molecule has 0 bridgehead atoms. The van der Waals surface area contributed by atoms with E-state index in [1.807, 2.05) is 26.1 Å². The number of halogens is 1. The first-order valence-corrected chi connectivity index (χ1v) is 8.54. The number of ether oxygens (including phenoxy) is 1. The van der Waals surface area contributed by atoms with Gasteiger partial charge in [0.25, 0.3) is 0 Å². The van der Waals surface area contributed by atoms with Gasteiger partial charge in [0, 0.05) is 32.6 Å². The number of benzene rings is 1. The Labute approximate surface area is 167 Å². The molecule has 0 aliphatic heterocycles. The van der Waals surface area contributed by atoms with Gasteiger partial charge in [-0.3, -0.25) is 9.79 Å². The van der Waals surface area contributed by atoms with Gasteiger partial charge in [-0.05, 0) is 37.5 Å². The van der Waals surface area contributed by atoms with Crippen LogP contribution in [-0.2, 0) is 11.3 Å². The largest absolute Gasteiger partial charge is 0.497 e. The van der Waals surface area contributed by atoms with E-state index in [9.17, 15) is 4.79 Å². The topological polar surface area (TPSA) is 66.0 Å². The molecule has 0 saturated heterocycles. The zero-order valence-electron chi connectivity index (χ0n) is 15.2. The third kappa shape index (κ3) is 7.50. The van der Waals surface area contributed by atoms with Crippen LogP contribution in [0.5, 0.6) is 5.75 Å². The van der Waals surface area contributed by atoms with E-state index in [-0.39, 0.29) is 35.8 Å². The zero-order valence-corrected chi connectivity index (χ0v) is 17.6. The molecule has 1 aliphatic carbocycles. The molecule has 1 fully saturated rings. The van der Waals surface area contributed by atoms with Crippen LogP contribution in [0.2, 0.25) is 0 Å². The molecule has 0 spiro atoms. The van der Waals surface area contributed by atoms with Gasteiger partial charge in [-0.15, -0.1) is 24.0 Å². The Kier molecular flexibility index (Phi) is 9.62. The van der Waals surface area contributed by atoms with Gasteiger partial charge in [0.05, 0.1) is 13.7 Å². The molecule has 0 radical (unpaired) electrons. The maximum absolute atomic E-state index is 11.6. The molecule has 1 saturated carbocycles. The Morgan fingerprint density at radius 3 is 2.52 bits per heavy atom. The minimum Gasteiger partial charge on any atom is -0.497 e. The first-order valence-electron chi connectivity index (χ1n) is 8.54. The van der Waals surface area contributed by atoms with Crippen molar-refractivity contribution in [2.75, 3.05) is 33.8 Å². The van der Waals surface area contributed by atoms with Gasteiger partial charge in [0.15, 0.2) is 5.96 Å². The average molecular weight is 460 g/mol. The van der Waals surface area contributed by atoms with Gasteiger partial charge in [-0.2, -0.15) is 0 Å². The molecule has 0 atom stereocenters. The van der Waals surface area contributed by atoms with Crippen molar-refractivity contribution in [3.8, 4) is 5.75 Å². The Morgan fingerprint density at radius 1 is 1.28 bits per heavy atom. The van der Waals surface area contributed by atoms with E-state index in [2.05, 4.69) is 32.7 Å². The maximum atomic E-state index is 11.6. The van der Waals surface area contributed by atoms with E-state index in [4.69, 9.17) is 4.74 Å². The number of aliphatic imine (C=N–C) groups is 1. The Balaban J connectivity index is 0.00000312. The fourth-order valence-corrected chi connectivity index (χ4v) is 2.38. The lowest BCUT2D eigenvalue weighted by Gasteiger charge is -2.22. The molecule has 0 aromatic heterocycles. The molecule has 0 heterocycles. The predicted molar refractivity (Wildman–Crippen MR) is 112 cm³/mol. The van der Waals surface area contributed by atoms with E-state index >= 15 is 0 Å². The number of carbonyl (C=O) groups is 1. The fourth-order valence-electron chi connectivity index (χ4n) is 2.38. The molecule has 2 rings (SSSR count).